The molecule has 0 aliphatic rings. The summed E-state index contributed by atoms with van der Waals surface area (Å²) in [6, 6.07) is 0. The maximum atomic E-state index is 3.73. The van der Waals surface area contributed by atoms with Gasteiger partial charge in [0.05, 0.1) is 5.54 Å². The fourth-order valence-corrected chi connectivity index (χ4v) is 0.371. The SMILES string of the molecule is C=C(C)C#CC(C)(C)N(C)C. The van der Waals surface area contributed by atoms with Gasteiger partial charge in [0, 0.05) is 0 Å². The number of nitrogens with zero attached hydrogens (tertiary/aromatic N) is 1. The van der Waals surface area contributed by atoms with Gasteiger partial charge in [0.1, 0.15) is 0 Å². The number of allylic oxidation sites excluding steroid dienone is 1. The van der Waals surface area contributed by atoms with E-state index < -0.39 is 0 Å². The second-order valence-electron chi connectivity index (χ2n) is 3.48. The first-order valence-corrected chi connectivity index (χ1v) is 3.72. The highest BCUT2D eigenvalue weighted by molar-refractivity contribution is 5.28. The maximum absolute atomic E-state index is 3.73. The lowest BCUT2D eigenvalue weighted by Crippen LogP contribution is -2.36. The first kappa shape index (κ1) is 10.3. The van der Waals surface area contributed by atoms with E-state index in [0.717, 1.165) is 5.57 Å². The van der Waals surface area contributed by atoms with Crippen molar-refractivity contribution in [3.8, 4) is 11.8 Å². The van der Waals surface area contributed by atoms with Gasteiger partial charge in [-0.2, -0.15) is 0 Å². The van der Waals surface area contributed by atoms with Crippen molar-refractivity contribution in [3.63, 3.8) is 0 Å². The van der Waals surface area contributed by atoms with Crippen molar-refractivity contribution >= 4 is 0 Å². The molecular weight excluding hydrogens is 134 g/mol. The third-order valence-electron chi connectivity index (χ3n) is 1.70. The van der Waals surface area contributed by atoms with E-state index in [0.29, 0.717) is 0 Å². The van der Waals surface area contributed by atoms with Crippen LogP contribution >= 0.6 is 0 Å². The molecule has 62 valence electrons. The van der Waals surface area contributed by atoms with Crippen LogP contribution in [0.15, 0.2) is 12.2 Å². The van der Waals surface area contributed by atoms with Crippen LogP contribution in [0.25, 0.3) is 0 Å². The Balaban J connectivity index is 4.38. The molecule has 0 aromatic carbocycles. The predicted octanol–water partition coefficient (Wildman–Crippen LogP) is 1.91. The second-order valence-corrected chi connectivity index (χ2v) is 3.48. The minimum absolute atomic E-state index is 0.0566. The fourth-order valence-electron chi connectivity index (χ4n) is 0.371. The van der Waals surface area contributed by atoms with Gasteiger partial charge < -0.3 is 0 Å². The van der Waals surface area contributed by atoms with Gasteiger partial charge in [0.25, 0.3) is 0 Å². The Kier molecular flexibility index (Phi) is 3.35. The fraction of sp³-hybridized carbons (Fsp3) is 0.600. The standard InChI is InChI=1S/C10H17N/c1-9(2)7-8-10(3,4)11(5)6/h1H2,2-6H3. The lowest BCUT2D eigenvalue weighted by molar-refractivity contribution is 0.263. The Morgan fingerprint density at radius 3 is 2.09 bits per heavy atom. The van der Waals surface area contributed by atoms with Crippen LogP contribution in [0.2, 0.25) is 0 Å². The van der Waals surface area contributed by atoms with Gasteiger partial charge in [0.2, 0.25) is 0 Å². The maximum Gasteiger partial charge on any atom is 0.0767 e. The van der Waals surface area contributed by atoms with Crippen LogP contribution in [0.3, 0.4) is 0 Å². The van der Waals surface area contributed by atoms with Gasteiger partial charge in [-0.15, -0.1) is 0 Å². The second kappa shape index (κ2) is 3.59. The highest BCUT2D eigenvalue weighted by Gasteiger charge is 2.15. The van der Waals surface area contributed by atoms with E-state index in [-0.39, 0.29) is 5.54 Å². The molecule has 0 aliphatic heterocycles. The Labute approximate surface area is 70.1 Å². The summed E-state index contributed by atoms with van der Waals surface area (Å²) in [6.45, 7) is 9.81. The molecule has 0 heterocycles. The van der Waals surface area contributed by atoms with Crippen molar-refractivity contribution in [1.29, 1.82) is 0 Å². The van der Waals surface area contributed by atoms with Crippen LogP contribution in [0.5, 0.6) is 0 Å². The molecule has 0 rings (SSSR count). The first-order valence-electron chi connectivity index (χ1n) is 3.72. The zero-order valence-electron chi connectivity index (χ0n) is 8.15. The van der Waals surface area contributed by atoms with Gasteiger partial charge in [-0.25, -0.2) is 0 Å². The summed E-state index contributed by atoms with van der Waals surface area (Å²) in [4.78, 5) is 2.09. The van der Waals surface area contributed by atoms with Gasteiger partial charge in [0.15, 0.2) is 0 Å². The molecule has 0 saturated carbocycles. The van der Waals surface area contributed by atoms with Gasteiger partial charge in [-0.3, -0.25) is 4.90 Å². The Morgan fingerprint density at radius 2 is 1.82 bits per heavy atom. The average molecular weight is 151 g/mol. The van der Waals surface area contributed by atoms with Crippen LogP contribution < -0.4 is 0 Å². The molecule has 0 amide bonds. The molecule has 0 aromatic heterocycles. The summed E-state index contributed by atoms with van der Waals surface area (Å²) in [5, 5.41) is 0. The molecule has 1 heteroatoms. The van der Waals surface area contributed by atoms with Crippen LogP contribution in [-0.2, 0) is 0 Å². The number of hydrogen-bond donors (Lipinski definition) is 0. The summed E-state index contributed by atoms with van der Waals surface area (Å²) in [5.74, 6) is 6.12. The molecule has 0 N–H and O–H groups in total. The molecule has 0 spiro atoms. The molecule has 1 nitrogen and oxygen atoms in total. The Morgan fingerprint density at radius 1 is 1.36 bits per heavy atom. The summed E-state index contributed by atoms with van der Waals surface area (Å²) in [5.41, 5.74) is 0.860. The van der Waals surface area contributed by atoms with Crippen molar-refractivity contribution < 1.29 is 0 Å². The number of rotatable bonds is 1. The summed E-state index contributed by atoms with van der Waals surface area (Å²) in [6.07, 6.45) is 0. The lowest BCUT2D eigenvalue weighted by atomic mass is 10.1. The van der Waals surface area contributed by atoms with Crippen LogP contribution in [0, 0.1) is 11.8 Å². The molecule has 0 atom stereocenters. The van der Waals surface area contributed by atoms with Crippen molar-refractivity contribution in [3.05, 3.63) is 12.2 Å². The molecule has 0 bridgehead atoms. The van der Waals surface area contributed by atoms with Crippen molar-refractivity contribution in [1.82, 2.24) is 4.90 Å². The van der Waals surface area contributed by atoms with Crippen molar-refractivity contribution in [2.45, 2.75) is 26.3 Å². The lowest BCUT2D eigenvalue weighted by Gasteiger charge is -2.26. The van der Waals surface area contributed by atoms with E-state index in [1.54, 1.807) is 0 Å². The predicted molar refractivity (Wildman–Crippen MR) is 50.4 cm³/mol. The van der Waals surface area contributed by atoms with E-state index in [4.69, 9.17) is 0 Å². The third-order valence-corrected chi connectivity index (χ3v) is 1.70. The average Bonchev–Trinajstić information content (AvgIpc) is 1.84. The first-order chi connectivity index (χ1) is 4.86. The van der Waals surface area contributed by atoms with E-state index in [1.165, 1.54) is 0 Å². The number of hydrogen-bond acceptors (Lipinski definition) is 1. The topological polar surface area (TPSA) is 3.24 Å². The third kappa shape index (κ3) is 3.85. The highest BCUT2D eigenvalue weighted by Crippen LogP contribution is 2.07. The van der Waals surface area contributed by atoms with E-state index >= 15 is 0 Å². The summed E-state index contributed by atoms with van der Waals surface area (Å²) in [7, 11) is 4.04. The van der Waals surface area contributed by atoms with Crippen molar-refractivity contribution in [2.75, 3.05) is 14.1 Å². The summed E-state index contributed by atoms with van der Waals surface area (Å²) >= 11 is 0. The Hall–Kier alpha value is -0.740. The zero-order valence-corrected chi connectivity index (χ0v) is 8.15. The summed E-state index contributed by atoms with van der Waals surface area (Å²) < 4.78 is 0. The molecule has 0 radical (unpaired) electrons. The van der Waals surface area contributed by atoms with E-state index in [9.17, 15) is 0 Å². The van der Waals surface area contributed by atoms with Crippen LogP contribution in [-0.4, -0.2) is 24.5 Å². The molecule has 11 heavy (non-hydrogen) atoms. The van der Waals surface area contributed by atoms with Crippen LogP contribution in [0.1, 0.15) is 20.8 Å². The van der Waals surface area contributed by atoms with Gasteiger partial charge in [-0.1, -0.05) is 18.4 Å². The highest BCUT2D eigenvalue weighted by atomic mass is 15.1. The van der Waals surface area contributed by atoms with Gasteiger partial charge >= 0.3 is 0 Å². The van der Waals surface area contributed by atoms with E-state index in [2.05, 4.69) is 37.2 Å². The molecule has 0 fully saturated rings. The molecule has 0 unspecified atom stereocenters. The smallest absolute Gasteiger partial charge is 0.0767 e. The monoisotopic (exact) mass is 151 g/mol. The minimum Gasteiger partial charge on any atom is -0.294 e. The molecular formula is C10H17N. The van der Waals surface area contributed by atoms with Crippen LogP contribution in [0.4, 0.5) is 0 Å². The normalized spacial score (nSPS) is 10.7. The molecule has 0 saturated heterocycles. The largest absolute Gasteiger partial charge is 0.294 e. The molecule has 0 aromatic rings. The van der Waals surface area contributed by atoms with E-state index in [1.807, 2.05) is 21.0 Å². The quantitative estimate of drug-likeness (QED) is 0.517. The van der Waals surface area contributed by atoms with Gasteiger partial charge in [-0.05, 0) is 40.4 Å². The van der Waals surface area contributed by atoms with Crippen molar-refractivity contribution in [2.24, 2.45) is 0 Å². The zero-order chi connectivity index (χ0) is 9.07. The Bertz CT molecular complexity index is 201. The minimum atomic E-state index is -0.0566. The molecule has 0 aliphatic carbocycles.